The highest BCUT2D eigenvalue weighted by Gasteiger charge is 2.17. The molecular weight excluding hydrogens is 180 g/mol. The molecule has 76 valence electrons. The number of carbonyl (C=O) groups excluding carboxylic acids is 2. The molecule has 0 unspecified atom stereocenters. The molecule has 14 heavy (non-hydrogen) atoms. The Hall–Kier alpha value is -1.58. The molecule has 4 heteroatoms. The van der Waals surface area contributed by atoms with Crippen LogP contribution in [0.2, 0.25) is 0 Å². The lowest BCUT2D eigenvalue weighted by Crippen LogP contribution is -2.40. The Morgan fingerprint density at radius 3 is 3.07 bits per heavy atom. The van der Waals surface area contributed by atoms with Gasteiger partial charge in [0.2, 0.25) is 5.91 Å². The highest BCUT2D eigenvalue weighted by Crippen LogP contribution is 2.02. The maximum atomic E-state index is 11.4. The topological polar surface area (TPSA) is 49.4 Å². The number of urea groups is 1. The first-order valence-electron chi connectivity index (χ1n) is 4.69. The standard InChI is InChI=1S/C10H14N2O2/c1-2-7-11-10(14)12-8-5-3-4-6-9(12)13/h3-5,8H,2,6-7H2,1H3,(H,11,14). The molecule has 0 aromatic rings. The van der Waals surface area contributed by atoms with E-state index in [1.165, 1.54) is 6.20 Å². The van der Waals surface area contributed by atoms with Gasteiger partial charge in [0.05, 0.1) is 0 Å². The van der Waals surface area contributed by atoms with Gasteiger partial charge < -0.3 is 5.32 Å². The molecule has 0 saturated carbocycles. The summed E-state index contributed by atoms with van der Waals surface area (Å²) in [5, 5.41) is 2.65. The van der Waals surface area contributed by atoms with Crippen LogP contribution in [0, 0.1) is 0 Å². The summed E-state index contributed by atoms with van der Waals surface area (Å²) in [5.41, 5.74) is 0. The molecule has 0 aromatic heterocycles. The van der Waals surface area contributed by atoms with Gasteiger partial charge in [-0.25, -0.2) is 9.69 Å². The zero-order chi connectivity index (χ0) is 10.4. The normalized spacial score (nSPS) is 15.5. The second kappa shape index (κ2) is 5.21. The molecule has 1 heterocycles. The molecule has 1 rings (SSSR count). The van der Waals surface area contributed by atoms with E-state index in [0.717, 1.165) is 11.3 Å². The lowest BCUT2D eigenvalue weighted by Gasteiger charge is -2.15. The largest absolute Gasteiger partial charge is 0.337 e. The van der Waals surface area contributed by atoms with Gasteiger partial charge in [0.1, 0.15) is 0 Å². The smallest absolute Gasteiger partial charge is 0.328 e. The van der Waals surface area contributed by atoms with Crippen LogP contribution < -0.4 is 5.32 Å². The van der Waals surface area contributed by atoms with Crippen LogP contribution in [0.3, 0.4) is 0 Å². The van der Waals surface area contributed by atoms with Crippen molar-refractivity contribution in [1.29, 1.82) is 0 Å². The lowest BCUT2D eigenvalue weighted by molar-refractivity contribution is -0.125. The molecule has 0 radical (unpaired) electrons. The van der Waals surface area contributed by atoms with Crippen LogP contribution in [0.4, 0.5) is 4.79 Å². The summed E-state index contributed by atoms with van der Waals surface area (Å²) in [6, 6.07) is -0.350. The van der Waals surface area contributed by atoms with Gasteiger partial charge >= 0.3 is 6.03 Å². The number of nitrogens with zero attached hydrogens (tertiary/aromatic N) is 1. The number of nitrogens with one attached hydrogen (secondary N) is 1. The van der Waals surface area contributed by atoms with Crippen LogP contribution in [-0.4, -0.2) is 23.4 Å². The van der Waals surface area contributed by atoms with Gasteiger partial charge in [0.25, 0.3) is 0 Å². The van der Waals surface area contributed by atoms with Gasteiger partial charge in [0, 0.05) is 19.2 Å². The minimum absolute atomic E-state index is 0.205. The number of hydrogen-bond acceptors (Lipinski definition) is 2. The highest BCUT2D eigenvalue weighted by molar-refractivity contribution is 5.96. The van der Waals surface area contributed by atoms with Crippen LogP contribution in [-0.2, 0) is 4.79 Å². The Bertz CT molecular complexity index is 282. The van der Waals surface area contributed by atoms with Crippen molar-refractivity contribution in [1.82, 2.24) is 10.2 Å². The molecular formula is C10H14N2O2. The maximum absolute atomic E-state index is 11.4. The fourth-order valence-corrected chi connectivity index (χ4v) is 1.06. The van der Waals surface area contributed by atoms with Crippen molar-refractivity contribution in [2.24, 2.45) is 0 Å². The van der Waals surface area contributed by atoms with E-state index in [4.69, 9.17) is 0 Å². The van der Waals surface area contributed by atoms with Gasteiger partial charge in [0.15, 0.2) is 0 Å². The predicted octanol–water partition coefficient (Wildman–Crippen LogP) is 1.41. The second-order valence-corrected chi connectivity index (χ2v) is 2.97. The van der Waals surface area contributed by atoms with E-state index in [9.17, 15) is 9.59 Å². The first kappa shape index (κ1) is 10.5. The number of hydrogen-bond donors (Lipinski definition) is 1. The van der Waals surface area contributed by atoms with Gasteiger partial charge in [-0.05, 0) is 12.5 Å². The van der Waals surface area contributed by atoms with E-state index < -0.39 is 0 Å². The zero-order valence-electron chi connectivity index (χ0n) is 8.19. The molecule has 0 atom stereocenters. The first-order chi connectivity index (χ1) is 6.75. The number of allylic oxidation sites excluding steroid dienone is 2. The maximum Gasteiger partial charge on any atom is 0.328 e. The van der Waals surface area contributed by atoms with Crippen molar-refractivity contribution >= 4 is 11.9 Å². The van der Waals surface area contributed by atoms with E-state index in [0.29, 0.717) is 6.54 Å². The summed E-state index contributed by atoms with van der Waals surface area (Å²) in [6.45, 7) is 2.55. The monoisotopic (exact) mass is 194 g/mol. The minimum atomic E-state index is -0.350. The SMILES string of the molecule is CCCNC(=O)N1C=CC=CCC1=O. The number of amides is 3. The van der Waals surface area contributed by atoms with E-state index >= 15 is 0 Å². The fourth-order valence-electron chi connectivity index (χ4n) is 1.06. The molecule has 1 aliphatic heterocycles. The average Bonchev–Trinajstić information content (AvgIpc) is 2.39. The van der Waals surface area contributed by atoms with Crippen LogP contribution in [0.15, 0.2) is 24.4 Å². The third kappa shape index (κ3) is 2.73. The Kier molecular flexibility index (Phi) is 3.91. The molecule has 0 fully saturated rings. The summed E-state index contributed by atoms with van der Waals surface area (Å²) in [6.07, 6.45) is 7.77. The fraction of sp³-hybridized carbons (Fsp3) is 0.400. The second-order valence-electron chi connectivity index (χ2n) is 2.97. The number of imide groups is 1. The Morgan fingerprint density at radius 1 is 1.57 bits per heavy atom. The Balaban J connectivity index is 2.57. The highest BCUT2D eigenvalue weighted by atomic mass is 16.2. The van der Waals surface area contributed by atoms with Gasteiger partial charge in [-0.1, -0.05) is 19.1 Å². The summed E-state index contributed by atoms with van der Waals surface area (Å²) in [4.78, 5) is 23.9. The van der Waals surface area contributed by atoms with Crippen LogP contribution in [0.25, 0.3) is 0 Å². The third-order valence-corrected chi connectivity index (χ3v) is 1.79. The van der Waals surface area contributed by atoms with E-state index in [-0.39, 0.29) is 18.4 Å². The molecule has 0 saturated heterocycles. The molecule has 0 spiro atoms. The van der Waals surface area contributed by atoms with Crippen molar-refractivity contribution in [3.63, 3.8) is 0 Å². The van der Waals surface area contributed by atoms with E-state index in [1.807, 2.05) is 6.92 Å². The molecule has 0 aliphatic carbocycles. The summed E-state index contributed by atoms with van der Waals surface area (Å²) >= 11 is 0. The van der Waals surface area contributed by atoms with E-state index in [2.05, 4.69) is 5.32 Å². The summed E-state index contributed by atoms with van der Waals surface area (Å²) in [7, 11) is 0. The lowest BCUT2D eigenvalue weighted by atomic mass is 10.3. The van der Waals surface area contributed by atoms with Crippen LogP contribution in [0.1, 0.15) is 19.8 Å². The predicted molar refractivity (Wildman–Crippen MR) is 53.4 cm³/mol. The van der Waals surface area contributed by atoms with Crippen molar-refractivity contribution in [2.75, 3.05) is 6.54 Å². The van der Waals surface area contributed by atoms with Crippen molar-refractivity contribution in [3.05, 3.63) is 24.4 Å². The molecule has 0 aromatic carbocycles. The minimum Gasteiger partial charge on any atom is -0.337 e. The molecule has 1 N–H and O–H groups in total. The molecule has 0 bridgehead atoms. The van der Waals surface area contributed by atoms with Gasteiger partial charge in [-0.15, -0.1) is 0 Å². The van der Waals surface area contributed by atoms with E-state index in [1.54, 1.807) is 18.2 Å². The summed E-state index contributed by atoms with van der Waals surface area (Å²) < 4.78 is 0. The summed E-state index contributed by atoms with van der Waals surface area (Å²) in [5.74, 6) is -0.205. The quantitative estimate of drug-likeness (QED) is 0.722. The average molecular weight is 194 g/mol. The van der Waals surface area contributed by atoms with Crippen molar-refractivity contribution in [2.45, 2.75) is 19.8 Å². The first-order valence-corrected chi connectivity index (χ1v) is 4.69. The van der Waals surface area contributed by atoms with Crippen molar-refractivity contribution < 1.29 is 9.59 Å². The van der Waals surface area contributed by atoms with Crippen LogP contribution >= 0.6 is 0 Å². The Morgan fingerprint density at radius 2 is 2.36 bits per heavy atom. The van der Waals surface area contributed by atoms with Gasteiger partial charge in [-0.2, -0.15) is 0 Å². The molecule has 4 nitrogen and oxygen atoms in total. The Labute approximate surface area is 83.3 Å². The molecule has 1 aliphatic rings. The number of carbonyl (C=O) groups is 2. The number of rotatable bonds is 2. The van der Waals surface area contributed by atoms with Crippen LogP contribution in [0.5, 0.6) is 0 Å². The zero-order valence-corrected chi connectivity index (χ0v) is 8.19. The molecule has 3 amide bonds. The van der Waals surface area contributed by atoms with Crippen molar-refractivity contribution in [3.8, 4) is 0 Å². The van der Waals surface area contributed by atoms with Gasteiger partial charge in [-0.3, -0.25) is 4.79 Å². The third-order valence-electron chi connectivity index (χ3n) is 1.79.